The molecular formula is C36H44ClN5O5. The number of aromatic nitrogens is 4. The number of aryl methyl sites for hydroxylation is 1. The molecule has 0 bridgehead atoms. The molecule has 2 aliphatic heterocycles. The van der Waals surface area contributed by atoms with E-state index in [1.165, 1.54) is 0 Å². The first-order valence-electron chi connectivity index (χ1n) is 16.7. The summed E-state index contributed by atoms with van der Waals surface area (Å²) in [7, 11) is 0. The van der Waals surface area contributed by atoms with E-state index in [0.717, 1.165) is 83.3 Å². The van der Waals surface area contributed by atoms with Crippen LogP contribution in [-0.4, -0.2) is 74.2 Å². The number of halogens is 1. The van der Waals surface area contributed by atoms with Gasteiger partial charge in [0, 0.05) is 52.9 Å². The summed E-state index contributed by atoms with van der Waals surface area (Å²) in [4.78, 5) is 14.4. The van der Waals surface area contributed by atoms with E-state index in [0.29, 0.717) is 23.9 Å². The number of aliphatic hydroxyl groups excluding tert-OH is 1. The Morgan fingerprint density at radius 2 is 1.85 bits per heavy atom. The van der Waals surface area contributed by atoms with Gasteiger partial charge in [-0.1, -0.05) is 11.6 Å². The van der Waals surface area contributed by atoms with Crippen LogP contribution >= 0.6 is 11.6 Å². The summed E-state index contributed by atoms with van der Waals surface area (Å²) in [5.41, 5.74) is 6.31. The highest BCUT2D eigenvalue weighted by molar-refractivity contribution is 6.36. The largest absolute Gasteiger partial charge is 0.491 e. The van der Waals surface area contributed by atoms with Crippen LogP contribution in [0.25, 0.3) is 33.3 Å². The van der Waals surface area contributed by atoms with E-state index in [1.807, 2.05) is 67.7 Å². The van der Waals surface area contributed by atoms with Crippen LogP contribution in [0.15, 0.2) is 36.5 Å². The van der Waals surface area contributed by atoms with Gasteiger partial charge in [-0.15, -0.1) is 0 Å². The predicted molar refractivity (Wildman–Crippen MR) is 181 cm³/mol. The molecule has 1 N–H and O–H groups in total. The van der Waals surface area contributed by atoms with Crippen LogP contribution in [0.1, 0.15) is 76.4 Å². The minimum atomic E-state index is -0.507. The molecule has 250 valence electrons. The Morgan fingerprint density at radius 1 is 1.11 bits per heavy atom. The Hall–Kier alpha value is -3.60. The Morgan fingerprint density at radius 3 is 2.51 bits per heavy atom. The molecule has 0 radical (unpaired) electrons. The number of carbonyl (C=O) groups is 1. The number of aliphatic hydroxyl groups is 1. The van der Waals surface area contributed by atoms with Crippen molar-refractivity contribution in [3.8, 4) is 28.1 Å². The quantitative estimate of drug-likeness (QED) is 0.219. The average molecular weight is 662 g/mol. The standard InChI is InChI=1S/C36H44ClN5O5/c1-22-16-28-27(19-38-42(28)29-8-6-7-14-46-29)31(32(22)37)30-23(2)41(39-33(30)24-9-11-26(12-10-24)45-15-13-43)25-17-36(18-25)20-40(21-36)34(44)47-35(3,4)5/h9-12,16,19,25,29,43H,6-8,13-15,17-18,20-21H2,1-5H3. The third kappa shape index (κ3) is 5.89. The van der Waals surface area contributed by atoms with Crippen molar-refractivity contribution < 1.29 is 24.1 Å². The second kappa shape index (κ2) is 12.1. The van der Waals surface area contributed by atoms with Gasteiger partial charge in [-0.05, 0) is 103 Å². The van der Waals surface area contributed by atoms with Crippen LogP contribution in [-0.2, 0) is 9.47 Å². The lowest BCUT2D eigenvalue weighted by molar-refractivity contribution is -0.0930. The van der Waals surface area contributed by atoms with Crippen LogP contribution in [0.5, 0.6) is 5.75 Å². The molecule has 1 aliphatic carbocycles. The van der Waals surface area contributed by atoms with Crippen molar-refractivity contribution in [1.82, 2.24) is 24.5 Å². The van der Waals surface area contributed by atoms with Gasteiger partial charge in [-0.25, -0.2) is 9.48 Å². The predicted octanol–water partition coefficient (Wildman–Crippen LogP) is 7.48. The summed E-state index contributed by atoms with van der Waals surface area (Å²) in [6.45, 7) is 12.2. The first kappa shape index (κ1) is 32.0. The molecule has 1 amide bonds. The molecule has 2 aromatic heterocycles. The molecule has 11 heteroatoms. The van der Waals surface area contributed by atoms with E-state index in [4.69, 9.17) is 36.0 Å². The van der Waals surface area contributed by atoms with Gasteiger partial charge in [0.1, 0.15) is 23.7 Å². The molecule has 4 aromatic rings. The third-order valence-corrected chi connectivity index (χ3v) is 10.2. The summed E-state index contributed by atoms with van der Waals surface area (Å²) in [5, 5.41) is 21.0. The molecule has 3 aliphatic rings. The molecule has 4 heterocycles. The Kier molecular flexibility index (Phi) is 8.25. The van der Waals surface area contributed by atoms with Crippen molar-refractivity contribution in [2.75, 3.05) is 32.9 Å². The van der Waals surface area contributed by atoms with Gasteiger partial charge in [0.2, 0.25) is 0 Å². The molecule has 3 fully saturated rings. The minimum Gasteiger partial charge on any atom is -0.491 e. The van der Waals surface area contributed by atoms with Crippen molar-refractivity contribution >= 4 is 28.6 Å². The third-order valence-electron chi connectivity index (χ3n) is 9.73. The second-order valence-corrected chi connectivity index (χ2v) is 14.9. The maximum absolute atomic E-state index is 12.6. The highest BCUT2D eigenvalue weighted by Gasteiger charge is 2.55. The molecule has 1 unspecified atom stereocenters. The monoisotopic (exact) mass is 661 g/mol. The lowest BCUT2D eigenvalue weighted by atomic mass is 9.61. The number of fused-ring (bicyclic) bond motifs is 1. The SMILES string of the molecule is Cc1cc2c(cnn2C2CCCCO2)c(-c2c(-c3ccc(OCCO)cc3)nn(C3CC4(C3)CN(C(=O)OC(C)(C)C)C4)c2C)c1Cl. The van der Waals surface area contributed by atoms with Gasteiger partial charge in [0.15, 0.2) is 6.23 Å². The van der Waals surface area contributed by atoms with Crippen LogP contribution < -0.4 is 4.74 Å². The molecule has 2 saturated heterocycles. The number of amides is 1. The number of ether oxygens (including phenoxy) is 3. The van der Waals surface area contributed by atoms with Crippen molar-refractivity contribution in [3.63, 3.8) is 0 Å². The van der Waals surface area contributed by atoms with Crippen molar-refractivity contribution in [3.05, 3.63) is 52.8 Å². The first-order chi connectivity index (χ1) is 22.5. The number of hydrogen-bond acceptors (Lipinski definition) is 7. The topological polar surface area (TPSA) is 104 Å². The molecule has 1 atom stereocenters. The summed E-state index contributed by atoms with van der Waals surface area (Å²) >= 11 is 7.22. The molecule has 1 saturated carbocycles. The number of carbonyl (C=O) groups excluding carboxylic acids is 1. The van der Waals surface area contributed by atoms with Crippen molar-refractivity contribution in [2.24, 2.45) is 5.41 Å². The van der Waals surface area contributed by atoms with Crippen molar-refractivity contribution in [1.29, 1.82) is 0 Å². The molecule has 10 nitrogen and oxygen atoms in total. The maximum atomic E-state index is 12.6. The van der Waals surface area contributed by atoms with E-state index < -0.39 is 5.60 Å². The molecule has 7 rings (SSSR count). The Bertz CT molecular complexity index is 1790. The van der Waals surface area contributed by atoms with Crippen LogP contribution in [0.3, 0.4) is 0 Å². The molecule has 47 heavy (non-hydrogen) atoms. The van der Waals surface area contributed by atoms with Crippen molar-refractivity contribution in [2.45, 2.75) is 84.6 Å². The summed E-state index contributed by atoms with van der Waals surface area (Å²) < 4.78 is 21.6. The number of benzene rings is 2. The number of nitrogens with zero attached hydrogens (tertiary/aromatic N) is 5. The van der Waals surface area contributed by atoms with E-state index in [1.54, 1.807) is 0 Å². The van der Waals surface area contributed by atoms with E-state index >= 15 is 0 Å². The van der Waals surface area contributed by atoms with Gasteiger partial charge in [-0.3, -0.25) is 4.68 Å². The molecule has 2 aromatic carbocycles. The molecule has 1 spiro atoms. The summed E-state index contributed by atoms with van der Waals surface area (Å²) in [6, 6.07) is 10.2. The van der Waals surface area contributed by atoms with E-state index in [2.05, 4.69) is 17.7 Å². The molecular weight excluding hydrogens is 618 g/mol. The fraction of sp³-hybridized carbons (Fsp3) is 0.528. The first-order valence-corrected chi connectivity index (χ1v) is 17.0. The van der Waals surface area contributed by atoms with Gasteiger partial charge in [0.25, 0.3) is 0 Å². The lowest BCUT2D eigenvalue weighted by Crippen LogP contribution is -2.64. The summed E-state index contributed by atoms with van der Waals surface area (Å²) in [6.07, 6.45) is 6.56. The van der Waals surface area contributed by atoms with Gasteiger partial charge >= 0.3 is 6.09 Å². The number of likely N-dealkylation sites (tertiary alicyclic amines) is 1. The fourth-order valence-corrected chi connectivity index (χ4v) is 7.77. The normalized spacial score (nSPS) is 19.6. The number of rotatable bonds is 7. The maximum Gasteiger partial charge on any atom is 0.410 e. The zero-order valence-corrected chi connectivity index (χ0v) is 28.6. The minimum absolute atomic E-state index is 0.0463. The lowest BCUT2D eigenvalue weighted by Gasteiger charge is -2.58. The highest BCUT2D eigenvalue weighted by Crippen LogP contribution is 2.55. The van der Waals surface area contributed by atoms with Gasteiger partial charge in [0.05, 0.1) is 29.4 Å². The smallest absolute Gasteiger partial charge is 0.410 e. The van der Waals surface area contributed by atoms with Crippen LogP contribution in [0, 0.1) is 19.3 Å². The number of hydrogen-bond donors (Lipinski definition) is 1. The van der Waals surface area contributed by atoms with Crippen LogP contribution in [0.4, 0.5) is 4.79 Å². The van der Waals surface area contributed by atoms with Crippen LogP contribution in [0.2, 0.25) is 5.02 Å². The second-order valence-electron chi connectivity index (χ2n) is 14.5. The fourth-order valence-electron chi connectivity index (χ4n) is 7.52. The van der Waals surface area contributed by atoms with Gasteiger partial charge in [-0.2, -0.15) is 10.2 Å². The Labute approximate surface area is 280 Å². The van der Waals surface area contributed by atoms with Gasteiger partial charge < -0.3 is 24.2 Å². The van der Waals surface area contributed by atoms with E-state index in [-0.39, 0.29) is 37.0 Å². The summed E-state index contributed by atoms with van der Waals surface area (Å²) in [5.74, 6) is 0.686. The highest BCUT2D eigenvalue weighted by atomic mass is 35.5. The average Bonchev–Trinajstić information content (AvgIpc) is 3.56. The van der Waals surface area contributed by atoms with E-state index in [9.17, 15) is 9.90 Å². The zero-order valence-electron chi connectivity index (χ0n) is 27.9. The Balaban J connectivity index is 1.26. The zero-order chi connectivity index (χ0) is 33.1.